The average molecular weight is 298 g/mol. The third-order valence-electron chi connectivity index (χ3n) is 1.87. The summed E-state index contributed by atoms with van der Waals surface area (Å²) < 4.78 is 5.12. The molecule has 4 heteroatoms. The molecule has 1 nitrogen and oxygen atoms in total. The average Bonchev–Trinajstić information content (AvgIpc) is 2.19. The molecule has 1 aromatic rings. The van der Waals surface area contributed by atoms with Crippen LogP contribution in [0.15, 0.2) is 12.1 Å². The number of benzene rings is 1. The number of hydrogen-bond acceptors (Lipinski definition) is 1. The maximum absolute atomic E-state index is 5.95. The van der Waals surface area contributed by atoms with Crippen LogP contribution in [0.2, 0.25) is 10.0 Å². The van der Waals surface area contributed by atoms with Crippen LogP contribution in [0, 0.1) is 0 Å². The lowest BCUT2D eigenvalue weighted by atomic mass is 10.1. The molecule has 1 rings (SSSR count). The highest BCUT2D eigenvalue weighted by molar-refractivity contribution is 9.09. The van der Waals surface area contributed by atoms with Gasteiger partial charge in [0.1, 0.15) is 10.8 Å². The SMILES string of the molecule is COc1cc(CCCBr)cc(Cl)c1Cl. The Morgan fingerprint density at radius 1 is 1.36 bits per heavy atom. The molecule has 0 unspecified atom stereocenters. The molecule has 1 aromatic carbocycles. The summed E-state index contributed by atoms with van der Waals surface area (Å²) in [5.74, 6) is 0.642. The van der Waals surface area contributed by atoms with Crippen molar-refractivity contribution in [1.82, 2.24) is 0 Å². The summed E-state index contributed by atoms with van der Waals surface area (Å²) >= 11 is 15.3. The zero-order valence-electron chi connectivity index (χ0n) is 7.82. The van der Waals surface area contributed by atoms with E-state index < -0.39 is 0 Å². The smallest absolute Gasteiger partial charge is 0.139 e. The minimum atomic E-state index is 0.483. The van der Waals surface area contributed by atoms with Crippen molar-refractivity contribution in [3.8, 4) is 5.75 Å². The van der Waals surface area contributed by atoms with Crippen LogP contribution in [-0.4, -0.2) is 12.4 Å². The fraction of sp³-hybridized carbons (Fsp3) is 0.400. The minimum absolute atomic E-state index is 0.483. The van der Waals surface area contributed by atoms with Crippen molar-refractivity contribution in [2.24, 2.45) is 0 Å². The van der Waals surface area contributed by atoms with Crippen molar-refractivity contribution >= 4 is 39.1 Å². The van der Waals surface area contributed by atoms with E-state index in [-0.39, 0.29) is 0 Å². The van der Waals surface area contributed by atoms with E-state index in [9.17, 15) is 0 Å². The van der Waals surface area contributed by atoms with Crippen LogP contribution >= 0.6 is 39.1 Å². The van der Waals surface area contributed by atoms with E-state index in [0.29, 0.717) is 15.8 Å². The Morgan fingerprint density at radius 2 is 2.07 bits per heavy atom. The maximum atomic E-state index is 5.95. The second kappa shape index (κ2) is 5.84. The summed E-state index contributed by atoms with van der Waals surface area (Å²) in [7, 11) is 1.59. The van der Waals surface area contributed by atoms with Gasteiger partial charge in [0.2, 0.25) is 0 Å². The Balaban J connectivity index is 2.91. The summed E-state index contributed by atoms with van der Waals surface area (Å²) in [6.07, 6.45) is 2.04. The predicted molar refractivity (Wildman–Crippen MR) is 65.1 cm³/mol. The zero-order chi connectivity index (χ0) is 10.6. The first-order valence-electron chi connectivity index (χ1n) is 4.27. The minimum Gasteiger partial charge on any atom is -0.495 e. The summed E-state index contributed by atoms with van der Waals surface area (Å²) in [4.78, 5) is 0. The lowest BCUT2D eigenvalue weighted by Crippen LogP contribution is -1.91. The Kier molecular flexibility index (Phi) is 5.07. The van der Waals surface area contributed by atoms with Gasteiger partial charge in [0.05, 0.1) is 12.1 Å². The number of aryl methyl sites for hydroxylation is 1. The van der Waals surface area contributed by atoms with Gasteiger partial charge in [0.15, 0.2) is 0 Å². The van der Waals surface area contributed by atoms with Gasteiger partial charge in [-0.2, -0.15) is 0 Å². The highest BCUT2D eigenvalue weighted by atomic mass is 79.9. The van der Waals surface area contributed by atoms with Gasteiger partial charge in [0, 0.05) is 5.33 Å². The first-order chi connectivity index (χ1) is 6.69. The number of hydrogen-bond donors (Lipinski definition) is 0. The van der Waals surface area contributed by atoms with Gasteiger partial charge >= 0.3 is 0 Å². The number of alkyl halides is 1. The van der Waals surface area contributed by atoms with Crippen molar-refractivity contribution in [3.05, 3.63) is 27.7 Å². The molecule has 0 amide bonds. The second-order valence-corrected chi connectivity index (χ2v) is 4.46. The van der Waals surface area contributed by atoms with Gasteiger partial charge in [-0.3, -0.25) is 0 Å². The fourth-order valence-corrected chi connectivity index (χ4v) is 1.88. The van der Waals surface area contributed by atoms with Crippen molar-refractivity contribution in [1.29, 1.82) is 0 Å². The lowest BCUT2D eigenvalue weighted by Gasteiger charge is -2.07. The van der Waals surface area contributed by atoms with Crippen molar-refractivity contribution in [2.45, 2.75) is 12.8 Å². The number of ether oxygens (including phenoxy) is 1. The van der Waals surface area contributed by atoms with Crippen LogP contribution in [0.25, 0.3) is 0 Å². The molecule has 0 atom stereocenters. The topological polar surface area (TPSA) is 9.23 Å². The Bertz CT molecular complexity index is 315. The third-order valence-corrected chi connectivity index (χ3v) is 3.22. The van der Waals surface area contributed by atoms with E-state index in [0.717, 1.165) is 23.7 Å². The molecule has 0 heterocycles. The molecule has 0 aliphatic rings. The Labute approximate surface area is 102 Å². The second-order valence-electron chi connectivity index (χ2n) is 2.89. The molecule has 0 aliphatic carbocycles. The Morgan fingerprint density at radius 3 is 2.64 bits per heavy atom. The summed E-state index contributed by atoms with van der Waals surface area (Å²) in [6, 6.07) is 3.81. The molecule has 0 radical (unpaired) electrons. The molecule has 0 N–H and O–H groups in total. The monoisotopic (exact) mass is 296 g/mol. The maximum Gasteiger partial charge on any atom is 0.139 e. The normalized spacial score (nSPS) is 10.3. The first kappa shape index (κ1) is 12.2. The summed E-state index contributed by atoms with van der Waals surface area (Å²) in [6.45, 7) is 0. The molecular formula is C10H11BrCl2O. The van der Waals surface area contributed by atoms with E-state index in [1.54, 1.807) is 7.11 Å². The highest BCUT2D eigenvalue weighted by Gasteiger charge is 2.07. The standard InChI is InChI=1S/C10H11BrCl2O/c1-14-9-6-7(3-2-4-11)5-8(12)10(9)13/h5-6H,2-4H2,1H3. The highest BCUT2D eigenvalue weighted by Crippen LogP contribution is 2.33. The third kappa shape index (κ3) is 3.04. The first-order valence-corrected chi connectivity index (χ1v) is 6.14. The van der Waals surface area contributed by atoms with Gasteiger partial charge in [-0.1, -0.05) is 39.1 Å². The van der Waals surface area contributed by atoms with Gasteiger partial charge < -0.3 is 4.74 Å². The van der Waals surface area contributed by atoms with E-state index in [4.69, 9.17) is 27.9 Å². The molecular weight excluding hydrogens is 287 g/mol. The van der Waals surface area contributed by atoms with Crippen LogP contribution in [0.3, 0.4) is 0 Å². The van der Waals surface area contributed by atoms with Crippen LogP contribution in [0.4, 0.5) is 0 Å². The molecule has 14 heavy (non-hydrogen) atoms. The fourth-order valence-electron chi connectivity index (χ4n) is 1.18. The van der Waals surface area contributed by atoms with Crippen LogP contribution in [0.5, 0.6) is 5.75 Å². The van der Waals surface area contributed by atoms with Crippen molar-refractivity contribution < 1.29 is 4.74 Å². The summed E-state index contributed by atoms with van der Waals surface area (Å²) in [5.41, 5.74) is 1.15. The molecule has 0 fully saturated rings. The predicted octanol–water partition coefficient (Wildman–Crippen LogP) is 4.33. The van der Waals surface area contributed by atoms with Gasteiger partial charge in [0.25, 0.3) is 0 Å². The van der Waals surface area contributed by atoms with E-state index in [2.05, 4.69) is 15.9 Å². The van der Waals surface area contributed by atoms with Crippen LogP contribution in [0.1, 0.15) is 12.0 Å². The Hall–Kier alpha value is 0.0800. The largest absolute Gasteiger partial charge is 0.495 e. The number of methoxy groups -OCH3 is 1. The van der Waals surface area contributed by atoms with Gasteiger partial charge in [-0.15, -0.1) is 0 Å². The lowest BCUT2D eigenvalue weighted by molar-refractivity contribution is 0.414. The molecule has 0 saturated heterocycles. The summed E-state index contributed by atoms with van der Waals surface area (Å²) in [5, 5.41) is 2.02. The molecule has 78 valence electrons. The molecule has 0 aliphatic heterocycles. The van der Waals surface area contributed by atoms with Crippen molar-refractivity contribution in [3.63, 3.8) is 0 Å². The zero-order valence-corrected chi connectivity index (χ0v) is 10.9. The van der Waals surface area contributed by atoms with E-state index in [1.807, 2.05) is 12.1 Å². The molecule has 0 spiro atoms. The van der Waals surface area contributed by atoms with Crippen molar-refractivity contribution in [2.75, 3.05) is 12.4 Å². The van der Waals surface area contributed by atoms with E-state index >= 15 is 0 Å². The molecule has 0 bridgehead atoms. The number of halogens is 3. The van der Waals surface area contributed by atoms with E-state index in [1.165, 1.54) is 0 Å². The molecule has 0 saturated carbocycles. The van der Waals surface area contributed by atoms with Crippen LogP contribution < -0.4 is 4.74 Å². The molecule has 0 aromatic heterocycles. The van der Waals surface area contributed by atoms with Gasteiger partial charge in [-0.25, -0.2) is 0 Å². The number of rotatable bonds is 4. The van der Waals surface area contributed by atoms with Crippen LogP contribution in [-0.2, 0) is 6.42 Å². The van der Waals surface area contributed by atoms with Gasteiger partial charge in [-0.05, 0) is 30.5 Å². The quantitative estimate of drug-likeness (QED) is 0.752.